The van der Waals surface area contributed by atoms with Crippen molar-refractivity contribution in [2.45, 2.75) is 6.92 Å². The van der Waals surface area contributed by atoms with Crippen molar-refractivity contribution in [2.75, 3.05) is 0 Å². The Balaban J connectivity index is 2.94. The molecule has 0 saturated carbocycles. The summed E-state index contributed by atoms with van der Waals surface area (Å²) in [4.78, 5) is 17.8. The van der Waals surface area contributed by atoms with Crippen molar-refractivity contribution in [3.8, 4) is 0 Å². The van der Waals surface area contributed by atoms with Gasteiger partial charge in [-0.15, -0.1) is 0 Å². The molecule has 70 valence electrons. The Bertz CT molecular complexity index is 562. The molecule has 2 rings (SSSR count). The van der Waals surface area contributed by atoms with Crippen LogP contribution in [0.1, 0.15) is 5.56 Å². The fourth-order valence-electron chi connectivity index (χ4n) is 1.31. The van der Waals surface area contributed by atoms with Crippen molar-refractivity contribution in [1.82, 2.24) is 9.97 Å². The quantitative estimate of drug-likeness (QED) is 0.712. The Morgan fingerprint density at radius 3 is 2.93 bits per heavy atom. The molecular formula is C9H7N2O2P. The van der Waals surface area contributed by atoms with E-state index in [9.17, 15) is 9.36 Å². The lowest BCUT2D eigenvalue weighted by Gasteiger charge is -1.99. The van der Waals surface area contributed by atoms with Crippen molar-refractivity contribution < 1.29 is 4.57 Å². The topological polar surface area (TPSA) is 62.8 Å². The van der Waals surface area contributed by atoms with Crippen LogP contribution in [0.25, 0.3) is 10.9 Å². The molecule has 0 fully saturated rings. The highest BCUT2D eigenvalue weighted by atomic mass is 31.1. The lowest BCUT2D eigenvalue weighted by molar-refractivity contribution is 0.603. The Morgan fingerprint density at radius 2 is 2.21 bits per heavy atom. The highest BCUT2D eigenvalue weighted by molar-refractivity contribution is 7.34. The van der Waals surface area contributed by atoms with Gasteiger partial charge in [-0.1, -0.05) is 0 Å². The number of aryl methyl sites for hydroxylation is 1. The number of hydrogen-bond acceptors (Lipinski definition) is 3. The number of aromatic amines is 1. The molecule has 1 N–H and O–H groups in total. The maximum atomic E-state index is 11.4. The normalized spacial score (nSPS) is 10.9. The molecule has 0 aliphatic carbocycles. The number of fused-ring (bicyclic) bond motifs is 1. The van der Waals surface area contributed by atoms with Gasteiger partial charge in [-0.3, -0.25) is 9.36 Å². The van der Waals surface area contributed by atoms with Crippen LogP contribution >= 0.6 is 8.46 Å². The van der Waals surface area contributed by atoms with E-state index in [0.29, 0.717) is 16.2 Å². The van der Waals surface area contributed by atoms with E-state index >= 15 is 0 Å². The van der Waals surface area contributed by atoms with E-state index in [2.05, 4.69) is 9.97 Å². The zero-order chi connectivity index (χ0) is 10.1. The largest absolute Gasteiger partial charge is 0.313 e. The van der Waals surface area contributed by atoms with Gasteiger partial charge < -0.3 is 4.98 Å². The fraction of sp³-hybridized carbons (Fsp3) is 0.111. The van der Waals surface area contributed by atoms with Gasteiger partial charge in [-0.2, -0.15) is 0 Å². The van der Waals surface area contributed by atoms with Gasteiger partial charge in [-0.05, 0) is 24.6 Å². The summed E-state index contributed by atoms with van der Waals surface area (Å²) in [5.74, 6) is 0. The highest BCUT2D eigenvalue weighted by Crippen LogP contribution is 2.10. The second-order valence-corrected chi connectivity index (χ2v) is 3.64. The molecule has 0 spiro atoms. The Kier molecular flexibility index (Phi) is 2.14. The van der Waals surface area contributed by atoms with Crippen LogP contribution in [0.3, 0.4) is 0 Å². The SMILES string of the molecule is Cc1cc2nc[nH]c(=O)c2cc1P=O. The van der Waals surface area contributed by atoms with Crippen LogP contribution in [-0.4, -0.2) is 9.97 Å². The zero-order valence-electron chi connectivity index (χ0n) is 7.44. The van der Waals surface area contributed by atoms with E-state index in [-0.39, 0.29) is 14.0 Å². The van der Waals surface area contributed by atoms with Gasteiger partial charge in [0, 0.05) is 5.30 Å². The van der Waals surface area contributed by atoms with Crippen molar-refractivity contribution in [1.29, 1.82) is 0 Å². The van der Waals surface area contributed by atoms with E-state index in [1.165, 1.54) is 6.33 Å². The van der Waals surface area contributed by atoms with Crippen molar-refractivity contribution in [3.63, 3.8) is 0 Å². The standard InChI is InChI=1S/C9H7N2O2P/c1-5-2-7-6(3-8(5)14-13)9(12)11-4-10-7/h2-4H,1H3,(H,10,11,12). The van der Waals surface area contributed by atoms with Gasteiger partial charge in [0.05, 0.1) is 17.2 Å². The molecule has 2 aromatic rings. The number of benzene rings is 1. The van der Waals surface area contributed by atoms with Crippen LogP contribution < -0.4 is 10.9 Å². The molecule has 0 amide bonds. The maximum Gasteiger partial charge on any atom is 0.258 e. The summed E-state index contributed by atoms with van der Waals surface area (Å²) >= 11 is 0. The van der Waals surface area contributed by atoms with E-state index < -0.39 is 0 Å². The third-order valence-corrected chi connectivity index (χ3v) is 2.74. The first kappa shape index (κ1) is 9.03. The second-order valence-electron chi connectivity index (χ2n) is 2.98. The van der Waals surface area contributed by atoms with Gasteiger partial charge in [0.25, 0.3) is 5.56 Å². The summed E-state index contributed by atoms with van der Waals surface area (Å²) in [7, 11) is -0.0768. The van der Waals surface area contributed by atoms with Crippen LogP contribution in [0.15, 0.2) is 23.3 Å². The zero-order valence-corrected chi connectivity index (χ0v) is 8.34. The first-order valence-electron chi connectivity index (χ1n) is 4.04. The molecule has 0 radical (unpaired) electrons. The predicted molar refractivity (Wildman–Crippen MR) is 54.3 cm³/mol. The molecule has 5 heteroatoms. The molecule has 0 saturated heterocycles. The molecule has 0 unspecified atom stereocenters. The summed E-state index contributed by atoms with van der Waals surface area (Å²) in [5.41, 5.74) is 1.28. The summed E-state index contributed by atoms with van der Waals surface area (Å²) in [6.07, 6.45) is 1.36. The van der Waals surface area contributed by atoms with Gasteiger partial charge in [0.2, 0.25) is 0 Å². The Labute approximate surface area is 81.2 Å². The number of hydrogen-bond donors (Lipinski definition) is 1. The lowest BCUT2D eigenvalue weighted by Crippen LogP contribution is -2.09. The molecular weight excluding hydrogens is 199 g/mol. The monoisotopic (exact) mass is 206 g/mol. The molecule has 0 aliphatic rings. The summed E-state index contributed by atoms with van der Waals surface area (Å²) in [6, 6.07) is 3.36. The number of H-pyrrole nitrogens is 1. The Morgan fingerprint density at radius 1 is 1.43 bits per heavy atom. The molecule has 14 heavy (non-hydrogen) atoms. The summed E-state index contributed by atoms with van der Waals surface area (Å²) in [6.45, 7) is 1.84. The average Bonchev–Trinajstić information content (AvgIpc) is 2.17. The number of nitrogens with zero attached hydrogens (tertiary/aromatic N) is 1. The number of aromatic nitrogens is 2. The summed E-state index contributed by atoms with van der Waals surface area (Å²) in [5, 5.41) is 1.09. The smallest absolute Gasteiger partial charge is 0.258 e. The minimum atomic E-state index is -0.208. The third-order valence-electron chi connectivity index (χ3n) is 2.06. The first-order chi connectivity index (χ1) is 6.72. The minimum absolute atomic E-state index is 0.0768. The lowest BCUT2D eigenvalue weighted by atomic mass is 10.2. The van der Waals surface area contributed by atoms with Crippen molar-refractivity contribution >= 4 is 24.7 Å². The molecule has 1 aromatic carbocycles. The first-order valence-corrected chi connectivity index (χ1v) is 4.85. The fourth-order valence-corrected chi connectivity index (χ4v) is 1.70. The van der Waals surface area contributed by atoms with Crippen LogP contribution in [0, 0.1) is 6.92 Å². The number of nitrogens with one attached hydrogen (secondary N) is 1. The minimum Gasteiger partial charge on any atom is -0.313 e. The van der Waals surface area contributed by atoms with E-state index in [1.807, 2.05) is 6.92 Å². The van der Waals surface area contributed by atoms with Crippen LogP contribution in [-0.2, 0) is 4.57 Å². The van der Waals surface area contributed by atoms with Gasteiger partial charge in [0.1, 0.15) is 0 Å². The number of rotatable bonds is 1. The molecule has 0 bridgehead atoms. The molecule has 1 heterocycles. The molecule has 0 aliphatic heterocycles. The van der Waals surface area contributed by atoms with Gasteiger partial charge in [0.15, 0.2) is 8.46 Å². The molecule has 1 aromatic heterocycles. The second kappa shape index (κ2) is 3.31. The average molecular weight is 206 g/mol. The predicted octanol–water partition coefficient (Wildman–Crippen LogP) is 1.15. The molecule has 4 nitrogen and oxygen atoms in total. The van der Waals surface area contributed by atoms with E-state index in [0.717, 1.165) is 5.56 Å². The van der Waals surface area contributed by atoms with Crippen molar-refractivity contribution in [3.05, 3.63) is 34.4 Å². The summed E-state index contributed by atoms with van der Waals surface area (Å²) < 4.78 is 10.7. The Hall–Kier alpha value is -1.54. The van der Waals surface area contributed by atoms with E-state index in [4.69, 9.17) is 0 Å². The highest BCUT2D eigenvalue weighted by Gasteiger charge is 2.04. The van der Waals surface area contributed by atoms with Crippen LogP contribution in [0.5, 0.6) is 0 Å². The van der Waals surface area contributed by atoms with Crippen molar-refractivity contribution in [2.24, 2.45) is 0 Å². The van der Waals surface area contributed by atoms with Crippen LogP contribution in [0.4, 0.5) is 0 Å². The van der Waals surface area contributed by atoms with Gasteiger partial charge >= 0.3 is 0 Å². The van der Waals surface area contributed by atoms with Gasteiger partial charge in [-0.25, -0.2) is 4.98 Å². The maximum absolute atomic E-state index is 11.4. The van der Waals surface area contributed by atoms with E-state index in [1.54, 1.807) is 12.1 Å². The molecule has 0 atom stereocenters. The third kappa shape index (κ3) is 1.34. The van der Waals surface area contributed by atoms with Crippen LogP contribution in [0.2, 0.25) is 0 Å².